The van der Waals surface area contributed by atoms with Crippen molar-refractivity contribution in [2.75, 3.05) is 0 Å². The van der Waals surface area contributed by atoms with Gasteiger partial charge in [0.2, 0.25) is 0 Å². The Morgan fingerprint density at radius 3 is 2.73 bits per heavy atom. The van der Waals surface area contributed by atoms with Gasteiger partial charge in [-0.25, -0.2) is 0 Å². The highest BCUT2D eigenvalue weighted by Crippen LogP contribution is 2.07. The van der Waals surface area contributed by atoms with Crippen LogP contribution >= 0.6 is 0 Å². The molecule has 2 aromatic rings. The van der Waals surface area contributed by atoms with Gasteiger partial charge < -0.3 is 5.73 Å². The third kappa shape index (κ3) is 2.25. The third-order valence-electron chi connectivity index (χ3n) is 2.49. The van der Waals surface area contributed by atoms with Crippen molar-refractivity contribution in [1.29, 1.82) is 0 Å². The Morgan fingerprint density at radius 2 is 2.07 bits per heavy atom. The molecule has 0 fully saturated rings. The first kappa shape index (κ1) is 9.93. The van der Waals surface area contributed by atoms with Gasteiger partial charge in [-0.2, -0.15) is 5.10 Å². The van der Waals surface area contributed by atoms with Crippen molar-refractivity contribution in [1.82, 2.24) is 9.78 Å². The molecule has 0 aliphatic carbocycles. The summed E-state index contributed by atoms with van der Waals surface area (Å²) < 4.78 is 1.98. The fourth-order valence-corrected chi connectivity index (χ4v) is 1.59. The molecular weight excluding hydrogens is 186 g/mol. The van der Waals surface area contributed by atoms with Crippen molar-refractivity contribution in [3.63, 3.8) is 0 Å². The molecule has 0 spiro atoms. The Hall–Kier alpha value is -1.61. The first-order valence-corrected chi connectivity index (χ1v) is 5.06. The minimum Gasteiger partial charge on any atom is -0.326 e. The molecule has 78 valence electrons. The summed E-state index contributed by atoms with van der Waals surface area (Å²) in [7, 11) is 0. The van der Waals surface area contributed by atoms with E-state index in [-0.39, 0.29) is 0 Å². The van der Waals surface area contributed by atoms with Crippen LogP contribution in [0.1, 0.15) is 16.8 Å². The zero-order chi connectivity index (χ0) is 10.7. The van der Waals surface area contributed by atoms with Crippen molar-refractivity contribution in [3.8, 4) is 0 Å². The number of hydrogen-bond acceptors (Lipinski definition) is 2. The van der Waals surface area contributed by atoms with E-state index in [1.165, 1.54) is 11.3 Å². The zero-order valence-corrected chi connectivity index (χ0v) is 8.85. The van der Waals surface area contributed by atoms with E-state index < -0.39 is 0 Å². The van der Waals surface area contributed by atoms with E-state index in [1.807, 2.05) is 29.1 Å². The summed E-state index contributed by atoms with van der Waals surface area (Å²) >= 11 is 0. The molecule has 0 unspecified atom stereocenters. The lowest BCUT2D eigenvalue weighted by Gasteiger charge is -2.06. The largest absolute Gasteiger partial charge is 0.326 e. The molecule has 0 saturated heterocycles. The second kappa shape index (κ2) is 4.28. The van der Waals surface area contributed by atoms with Crippen LogP contribution in [0.4, 0.5) is 0 Å². The Balaban J connectivity index is 2.21. The Labute approximate surface area is 89.5 Å². The maximum absolute atomic E-state index is 5.60. The second-order valence-corrected chi connectivity index (χ2v) is 3.65. The lowest BCUT2D eigenvalue weighted by molar-refractivity contribution is 0.664. The van der Waals surface area contributed by atoms with Crippen molar-refractivity contribution in [2.24, 2.45) is 5.73 Å². The fourth-order valence-electron chi connectivity index (χ4n) is 1.59. The number of nitrogens with two attached hydrogens (primary N) is 1. The molecule has 2 rings (SSSR count). The molecule has 0 saturated carbocycles. The molecule has 1 aromatic heterocycles. The Bertz CT molecular complexity index is 446. The minimum absolute atomic E-state index is 0.589. The highest BCUT2D eigenvalue weighted by atomic mass is 15.3. The predicted octanol–water partition coefficient (Wildman–Crippen LogP) is 1.70. The monoisotopic (exact) mass is 201 g/mol. The molecule has 0 radical (unpaired) electrons. The first-order chi connectivity index (χ1) is 7.29. The zero-order valence-electron chi connectivity index (χ0n) is 8.85. The van der Waals surface area contributed by atoms with Crippen LogP contribution in [-0.2, 0) is 13.1 Å². The van der Waals surface area contributed by atoms with E-state index in [9.17, 15) is 0 Å². The summed E-state index contributed by atoms with van der Waals surface area (Å²) in [4.78, 5) is 0. The van der Waals surface area contributed by atoms with Gasteiger partial charge >= 0.3 is 0 Å². The van der Waals surface area contributed by atoms with Gasteiger partial charge in [-0.1, -0.05) is 24.3 Å². The van der Waals surface area contributed by atoms with E-state index in [4.69, 9.17) is 5.73 Å². The normalized spacial score (nSPS) is 10.5. The molecule has 3 heteroatoms. The summed E-state index contributed by atoms with van der Waals surface area (Å²) in [5.41, 5.74) is 9.18. The highest BCUT2D eigenvalue weighted by molar-refractivity contribution is 5.23. The van der Waals surface area contributed by atoms with Crippen LogP contribution in [0.15, 0.2) is 36.5 Å². The molecule has 1 aromatic carbocycles. The van der Waals surface area contributed by atoms with Gasteiger partial charge in [-0.05, 0) is 24.1 Å². The summed E-state index contributed by atoms with van der Waals surface area (Å²) in [6, 6.07) is 10.3. The maximum Gasteiger partial charge on any atom is 0.0662 e. The molecule has 0 bridgehead atoms. The molecule has 3 nitrogen and oxygen atoms in total. The molecule has 1 heterocycles. The van der Waals surface area contributed by atoms with Gasteiger partial charge in [0, 0.05) is 18.4 Å². The lowest BCUT2D eigenvalue weighted by Crippen LogP contribution is -2.04. The summed E-state index contributed by atoms with van der Waals surface area (Å²) in [5.74, 6) is 0. The summed E-state index contributed by atoms with van der Waals surface area (Å²) in [6.45, 7) is 3.46. The molecule has 2 N–H and O–H groups in total. The first-order valence-electron chi connectivity index (χ1n) is 5.06. The van der Waals surface area contributed by atoms with Crippen molar-refractivity contribution in [3.05, 3.63) is 53.3 Å². The summed E-state index contributed by atoms with van der Waals surface area (Å²) in [6.07, 6.45) is 1.82. The van der Waals surface area contributed by atoms with Crippen molar-refractivity contribution >= 4 is 0 Å². The Morgan fingerprint density at radius 1 is 1.27 bits per heavy atom. The van der Waals surface area contributed by atoms with E-state index in [2.05, 4.69) is 24.2 Å². The van der Waals surface area contributed by atoms with Gasteiger partial charge in [0.1, 0.15) is 0 Å². The topological polar surface area (TPSA) is 43.8 Å². The molecule has 0 amide bonds. The lowest BCUT2D eigenvalue weighted by atomic mass is 10.1. The van der Waals surface area contributed by atoms with Crippen molar-refractivity contribution in [2.45, 2.75) is 20.0 Å². The molecular formula is C12H15N3. The molecule has 0 aliphatic heterocycles. The quantitative estimate of drug-likeness (QED) is 0.821. The molecule has 0 aliphatic rings. The van der Waals surface area contributed by atoms with E-state index in [1.54, 1.807) is 0 Å². The van der Waals surface area contributed by atoms with Crippen LogP contribution in [0.5, 0.6) is 0 Å². The van der Waals surface area contributed by atoms with Crippen LogP contribution < -0.4 is 5.73 Å². The average molecular weight is 201 g/mol. The van der Waals surface area contributed by atoms with Crippen LogP contribution in [-0.4, -0.2) is 9.78 Å². The number of nitrogens with zero attached hydrogens (tertiary/aromatic N) is 2. The molecule has 15 heavy (non-hydrogen) atoms. The highest BCUT2D eigenvalue weighted by Gasteiger charge is 1.99. The van der Waals surface area contributed by atoms with E-state index in [0.29, 0.717) is 6.54 Å². The van der Waals surface area contributed by atoms with Gasteiger partial charge in [0.05, 0.1) is 6.54 Å². The van der Waals surface area contributed by atoms with E-state index in [0.717, 1.165) is 12.1 Å². The average Bonchev–Trinajstić information content (AvgIpc) is 2.65. The third-order valence-corrected chi connectivity index (χ3v) is 2.49. The van der Waals surface area contributed by atoms with Gasteiger partial charge in [0.15, 0.2) is 0 Å². The molecule has 0 atom stereocenters. The van der Waals surface area contributed by atoms with Crippen LogP contribution in [0, 0.1) is 6.92 Å². The van der Waals surface area contributed by atoms with Crippen LogP contribution in [0.25, 0.3) is 0 Å². The second-order valence-electron chi connectivity index (χ2n) is 3.65. The maximum atomic E-state index is 5.60. The number of rotatable bonds is 3. The predicted molar refractivity (Wildman–Crippen MR) is 60.4 cm³/mol. The Kier molecular flexibility index (Phi) is 2.83. The van der Waals surface area contributed by atoms with Crippen molar-refractivity contribution < 1.29 is 0 Å². The van der Waals surface area contributed by atoms with Crippen LogP contribution in [0.2, 0.25) is 0 Å². The minimum atomic E-state index is 0.589. The smallest absolute Gasteiger partial charge is 0.0662 e. The SMILES string of the molecule is Cc1ccnn1Cc1cccc(CN)c1. The summed E-state index contributed by atoms with van der Waals surface area (Å²) in [5, 5.41) is 4.25. The van der Waals surface area contributed by atoms with Gasteiger partial charge in [-0.3, -0.25) is 4.68 Å². The number of aryl methyl sites for hydroxylation is 1. The number of hydrogen-bond donors (Lipinski definition) is 1. The standard InChI is InChI=1S/C12H15N3/c1-10-5-6-14-15(10)9-12-4-2-3-11(7-12)8-13/h2-7H,8-9,13H2,1H3. The van der Waals surface area contributed by atoms with E-state index >= 15 is 0 Å². The van der Waals surface area contributed by atoms with Crippen LogP contribution in [0.3, 0.4) is 0 Å². The fraction of sp³-hybridized carbons (Fsp3) is 0.250. The van der Waals surface area contributed by atoms with Gasteiger partial charge in [-0.15, -0.1) is 0 Å². The number of benzene rings is 1. The number of aromatic nitrogens is 2. The van der Waals surface area contributed by atoms with Gasteiger partial charge in [0.25, 0.3) is 0 Å².